The first-order chi connectivity index (χ1) is 14.2. The molecule has 0 fully saturated rings. The Morgan fingerprint density at radius 1 is 0.897 bits per heavy atom. The van der Waals surface area contributed by atoms with E-state index in [0.29, 0.717) is 0 Å². The topological polar surface area (TPSA) is 55.6 Å². The third-order valence-corrected chi connectivity index (χ3v) is 4.94. The molecular formula is C23H18FN5. The standard InChI is InChI=1S/C23H18FN5/c1-15(27-22-18-9-5-6-10-19(18)25-14-26-22)23-28-20-12-11-16(24)13-21(20)29(23)17-7-3-2-4-8-17/h2-15H,1H3,(H,25,26,27). The highest BCUT2D eigenvalue weighted by atomic mass is 19.1. The molecular weight excluding hydrogens is 365 g/mol. The monoisotopic (exact) mass is 383 g/mol. The average molecular weight is 383 g/mol. The molecule has 5 aromatic rings. The lowest BCUT2D eigenvalue weighted by Gasteiger charge is -2.17. The minimum atomic E-state index is -0.288. The molecule has 0 radical (unpaired) electrons. The van der Waals surface area contributed by atoms with Gasteiger partial charge >= 0.3 is 0 Å². The van der Waals surface area contributed by atoms with E-state index in [1.54, 1.807) is 12.4 Å². The van der Waals surface area contributed by atoms with Crippen molar-refractivity contribution >= 4 is 27.8 Å². The van der Waals surface area contributed by atoms with Crippen LogP contribution in [0.1, 0.15) is 18.8 Å². The molecule has 29 heavy (non-hydrogen) atoms. The van der Waals surface area contributed by atoms with Gasteiger partial charge < -0.3 is 5.32 Å². The maximum atomic E-state index is 14.0. The zero-order valence-electron chi connectivity index (χ0n) is 15.7. The summed E-state index contributed by atoms with van der Waals surface area (Å²) in [7, 11) is 0. The second-order valence-electron chi connectivity index (χ2n) is 6.88. The van der Waals surface area contributed by atoms with Crippen molar-refractivity contribution in [3.05, 3.63) is 90.8 Å². The number of anilines is 1. The van der Waals surface area contributed by atoms with Crippen LogP contribution in [-0.4, -0.2) is 19.5 Å². The number of rotatable bonds is 4. The van der Waals surface area contributed by atoms with Crippen LogP contribution in [0, 0.1) is 5.82 Å². The molecule has 0 spiro atoms. The number of aromatic nitrogens is 4. The Labute approximate surface area is 166 Å². The van der Waals surface area contributed by atoms with Crippen molar-refractivity contribution < 1.29 is 4.39 Å². The van der Waals surface area contributed by atoms with Gasteiger partial charge in [0.1, 0.15) is 23.8 Å². The van der Waals surface area contributed by atoms with Crippen LogP contribution >= 0.6 is 0 Å². The van der Waals surface area contributed by atoms with Crippen molar-refractivity contribution in [3.8, 4) is 5.69 Å². The van der Waals surface area contributed by atoms with Gasteiger partial charge in [0, 0.05) is 17.1 Å². The zero-order valence-corrected chi connectivity index (χ0v) is 15.7. The molecule has 1 N–H and O–H groups in total. The van der Waals surface area contributed by atoms with Gasteiger partial charge in [0.2, 0.25) is 0 Å². The maximum Gasteiger partial charge on any atom is 0.137 e. The number of benzene rings is 3. The van der Waals surface area contributed by atoms with Crippen molar-refractivity contribution in [2.75, 3.05) is 5.32 Å². The lowest BCUT2D eigenvalue weighted by atomic mass is 10.2. The van der Waals surface area contributed by atoms with Crippen LogP contribution in [0.25, 0.3) is 27.6 Å². The molecule has 3 aromatic carbocycles. The van der Waals surface area contributed by atoms with Crippen LogP contribution in [0.15, 0.2) is 79.1 Å². The highest BCUT2D eigenvalue weighted by molar-refractivity contribution is 5.88. The molecule has 0 aliphatic rings. The molecule has 1 atom stereocenters. The fourth-order valence-electron chi connectivity index (χ4n) is 3.60. The summed E-state index contributed by atoms with van der Waals surface area (Å²) in [6, 6.07) is 22.2. The van der Waals surface area contributed by atoms with E-state index in [9.17, 15) is 4.39 Å². The number of fused-ring (bicyclic) bond motifs is 2. The van der Waals surface area contributed by atoms with Gasteiger partial charge in [0.15, 0.2) is 0 Å². The van der Waals surface area contributed by atoms with Crippen molar-refractivity contribution in [1.29, 1.82) is 0 Å². The number of halogens is 1. The van der Waals surface area contributed by atoms with Gasteiger partial charge in [-0.05, 0) is 43.3 Å². The van der Waals surface area contributed by atoms with Gasteiger partial charge in [-0.25, -0.2) is 19.3 Å². The minimum absolute atomic E-state index is 0.177. The molecule has 0 saturated carbocycles. The van der Waals surface area contributed by atoms with Gasteiger partial charge in [0.25, 0.3) is 0 Å². The normalized spacial score (nSPS) is 12.3. The fraction of sp³-hybridized carbons (Fsp3) is 0.0870. The minimum Gasteiger partial charge on any atom is -0.360 e. The summed E-state index contributed by atoms with van der Waals surface area (Å²) in [5, 5.41) is 4.40. The van der Waals surface area contributed by atoms with Crippen LogP contribution in [0.2, 0.25) is 0 Å². The first-order valence-corrected chi connectivity index (χ1v) is 9.40. The van der Waals surface area contributed by atoms with Crippen LogP contribution < -0.4 is 5.32 Å². The molecule has 1 unspecified atom stereocenters. The third kappa shape index (κ3) is 3.08. The largest absolute Gasteiger partial charge is 0.360 e. The Kier molecular flexibility index (Phi) is 4.17. The highest BCUT2D eigenvalue weighted by Crippen LogP contribution is 2.29. The summed E-state index contributed by atoms with van der Waals surface area (Å²) in [4.78, 5) is 13.5. The van der Waals surface area contributed by atoms with Crippen molar-refractivity contribution in [2.24, 2.45) is 0 Å². The number of nitrogens with one attached hydrogen (secondary N) is 1. The molecule has 5 nitrogen and oxygen atoms in total. The molecule has 2 heterocycles. The first kappa shape index (κ1) is 17.3. The number of nitrogens with zero attached hydrogens (tertiary/aromatic N) is 4. The van der Waals surface area contributed by atoms with E-state index in [2.05, 4.69) is 15.3 Å². The second-order valence-corrected chi connectivity index (χ2v) is 6.88. The molecule has 5 rings (SSSR count). The van der Waals surface area contributed by atoms with Crippen LogP contribution in [0.3, 0.4) is 0 Å². The number of hydrogen-bond donors (Lipinski definition) is 1. The van der Waals surface area contributed by atoms with Crippen molar-refractivity contribution in [1.82, 2.24) is 19.5 Å². The predicted octanol–water partition coefficient (Wildman–Crippen LogP) is 5.28. The molecule has 0 amide bonds. The summed E-state index contributed by atoms with van der Waals surface area (Å²) in [6.45, 7) is 2.02. The SMILES string of the molecule is CC(Nc1ncnc2ccccc12)c1nc2ccc(F)cc2n1-c1ccccc1. The van der Waals surface area contributed by atoms with E-state index in [0.717, 1.165) is 39.3 Å². The Hall–Kier alpha value is -3.80. The smallest absolute Gasteiger partial charge is 0.137 e. The molecule has 2 aromatic heterocycles. The Balaban J connectivity index is 1.64. The average Bonchev–Trinajstić information content (AvgIpc) is 3.13. The Morgan fingerprint density at radius 3 is 2.55 bits per heavy atom. The van der Waals surface area contributed by atoms with Gasteiger partial charge in [-0.15, -0.1) is 0 Å². The lowest BCUT2D eigenvalue weighted by Crippen LogP contribution is -2.14. The third-order valence-electron chi connectivity index (χ3n) is 4.94. The Bertz CT molecular complexity index is 1310. The summed E-state index contributed by atoms with van der Waals surface area (Å²) >= 11 is 0. The lowest BCUT2D eigenvalue weighted by molar-refractivity contribution is 0.629. The molecule has 6 heteroatoms. The number of imidazole rings is 1. The van der Waals surface area contributed by atoms with E-state index in [-0.39, 0.29) is 11.9 Å². The van der Waals surface area contributed by atoms with Gasteiger partial charge in [-0.3, -0.25) is 4.57 Å². The van der Waals surface area contributed by atoms with Gasteiger partial charge in [-0.2, -0.15) is 0 Å². The van der Waals surface area contributed by atoms with E-state index < -0.39 is 0 Å². The predicted molar refractivity (Wildman–Crippen MR) is 113 cm³/mol. The van der Waals surface area contributed by atoms with E-state index in [1.165, 1.54) is 12.1 Å². The quantitative estimate of drug-likeness (QED) is 0.459. The van der Waals surface area contributed by atoms with Crippen molar-refractivity contribution in [3.63, 3.8) is 0 Å². The Morgan fingerprint density at radius 2 is 1.69 bits per heavy atom. The number of hydrogen-bond acceptors (Lipinski definition) is 4. The molecule has 0 aliphatic carbocycles. The summed E-state index contributed by atoms with van der Waals surface area (Å²) in [5.41, 5.74) is 3.27. The van der Waals surface area contributed by atoms with Crippen LogP contribution in [0.5, 0.6) is 0 Å². The maximum absolute atomic E-state index is 14.0. The van der Waals surface area contributed by atoms with Crippen LogP contribution in [-0.2, 0) is 0 Å². The zero-order chi connectivity index (χ0) is 19.8. The molecule has 0 aliphatic heterocycles. The van der Waals surface area contributed by atoms with Crippen LogP contribution in [0.4, 0.5) is 10.2 Å². The van der Waals surface area contributed by atoms with Gasteiger partial charge in [-0.1, -0.05) is 30.3 Å². The fourth-order valence-corrected chi connectivity index (χ4v) is 3.60. The number of para-hydroxylation sites is 2. The molecule has 0 bridgehead atoms. The molecule has 0 saturated heterocycles. The first-order valence-electron chi connectivity index (χ1n) is 9.40. The van der Waals surface area contributed by atoms with E-state index >= 15 is 0 Å². The highest BCUT2D eigenvalue weighted by Gasteiger charge is 2.19. The summed E-state index contributed by atoms with van der Waals surface area (Å²) < 4.78 is 16.0. The van der Waals surface area contributed by atoms with E-state index in [1.807, 2.05) is 66.1 Å². The van der Waals surface area contributed by atoms with E-state index in [4.69, 9.17) is 4.98 Å². The van der Waals surface area contributed by atoms with Crippen molar-refractivity contribution in [2.45, 2.75) is 13.0 Å². The summed E-state index contributed by atoms with van der Waals surface area (Å²) in [6.07, 6.45) is 1.55. The van der Waals surface area contributed by atoms with Gasteiger partial charge in [0.05, 0.1) is 22.6 Å². The molecule has 142 valence electrons. The second kappa shape index (κ2) is 6.98. The summed E-state index contributed by atoms with van der Waals surface area (Å²) in [5.74, 6) is 1.23.